The topological polar surface area (TPSA) is 94.5 Å². The number of aliphatic hydroxyl groups is 1. The summed E-state index contributed by atoms with van der Waals surface area (Å²) in [5.41, 5.74) is 2.26. The van der Waals surface area contributed by atoms with Gasteiger partial charge in [-0.2, -0.15) is 0 Å². The Bertz CT molecular complexity index is 1430. The molecule has 204 valence electrons. The summed E-state index contributed by atoms with van der Waals surface area (Å²) in [6.45, 7) is 6.32. The van der Waals surface area contributed by atoms with Crippen LogP contribution in [0.15, 0.2) is 66.2 Å². The zero-order chi connectivity index (χ0) is 28.3. The van der Waals surface area contributed by atoms with E-state index >= 15 is 0 Å². The van der Waals surface area contributed by atoms with Gasteiger partial charge < -0.3 is 24.1 Å². The van der Waals surface area contributed by atoms with Crippen molar-refractivity contribution < 1.29 is 33.6 Å². The van der Waals surface area contributed by atoms with Gasteiger partial charge >= 0.3 is 0 Å². The van der Waals surface area contributed by atoms with Crippen LogP contribution < -0.4 is 23.8 Å². The zero-order valence-electron chi connectivity index (χ0n) is 23.0. The van der Waals surface area contributed by atoms with Gasteiger partial charge in [0.2, 0.25) is 0 Å². The largest absolute Gasteiger partial charge is 0.507 e. The first-order valence-electron chi connectivity index (χ1n) is 12.7. The standard InChI is InChI=1S/C31H33NO7/c1-7-39-22-10-8-9-21(17-22)32-28(19-11-14-25(37-5)26(16-19)38-6)27(30(34)31(32)35)29(33)20-12-13-24(36-4)23(15-20)18(2)3/h8-18,28,33H,7H2,1-6H3/b29-27+. The van der Waals surface area contributed by atoms with Crippen molar-refractivity contribution in [3.63, 3.8) is 0 Å². The van der Waals surface area contributed by atoms with Gasteiger partial charge in [0, 0.05) is 17.3 Å². The van der Waals surface area contributed by atoms with Crippen molar-refractivity contribution in [1.29, 1.82) is 0 Å². The summed E-state index contributed by atoms with van der Waals surface area (Å²) in [6.07, 6.45) is 0. The van der Waals surface area contributed by atoms with Gasteiger partial charge in [0.1, 0.15) is 17.3 Å². The van der Waals surface area contributed by atoms with Crippen LogP contribution in [0.2, 0.25) is 0 Å². The minimum Gasteiger partial charge on any atom is -0.507 e. The second-order valence-electron chi connectivity index (χ2n) is 9.33. The highest BCUT2D eigenvalue weighted by Crippen LogP contribution is 2.45. The summed E-state index contributed by atoms with van der Waals surface area (Å²) in [4.78, 5) is 28.5. The van der Waals surface area contributed by atoms with Crippen molar-refractivity contribution in [3.8, 4) is 23.0 Å². The molecular formula is C31H33NO7. The number of amides is 1. The number of ether oxygens (including phenoxy) is 4. The Morgan fingerprint density at radius 3 is 2.23 bits per heavy atom. The molecule has 1 amide bonds. The minimum absolute atomic E-state index is 0.0334. The number of Topliss-reactive ketones (excluding diaryl/α,β-unsaturated/α-hetero) is 1. The second kappa shape index (κ2) is 11.5. The number of methoxy groups -OCH3 is 3. The van der Waals surface area contributed by atoms with E-state index in [1.54, 1.807) is 67.8 Å². The van der Waals surface area contributed by atoms with Crippen LogP contribution >= 0.6 is 0 Å². The van der Waals surface area contributed by atoms with E-state index in [2.05, 4.69) is 0 Å². The van der Waals surface area contributed by atoms with Gasteiger partial charge in [-0.3, -0.25) is 14.5 Å². The molecule has 39 heavy (non-hydrogen) atoms. The highest BCUT2D eigenvalue weighted by molar-refractivity contribution is 6.51. The van der Waals surface area contributed by atoms with Crippen LogP contribution in [-0.4, -0.2) is 44.7 Å². The fourth-order valence-electron chi connectivity index (χ4n) is 4.82. The third-order valence-electron chi connectivity index (χ3n) is 6.70. The van der Waals surface area contributed by atoms with E-state index in [9.17, 15) is 14.7 Å². The Kier molecular flexibility index (Phi) is 8.14. The molecule has 1 saturated heterocycles. The van der Waals surface area contributed by atoms with E-state index < -0.39 is 17.7 Å². The van der Waals surface area contributed by atoms with Crippen LogP contribution in [-0.2, 0) is 9.59 Å². The van der Waals surface area contributed by atoms with Gasteiger partial charge in [-0.1, -0.05) is 26.0 Å². The highest BCUT2D eigenvalue weighted by Gasteiger charge is 2.47. The molecule has 1 heterocycles. The van der Waals surface area contributed by atoms with Crippen molar-refractivity contribution in [2.24, 2.45) is 0 Å². The van der Waals surface area contributed by atoms with Crippen molar-refractivity contribution in [2.45, 2.75) is 32.7 Å². The number of hydrogen-bond acceptors (Lipinski definition) is 7. The summed E-state index contributed by atoms with van der Waals surface area (Å²) in [5, 5.41) is 11.6. The smallest absolute Gasteiger partial charge is 0.300 e. The fraction of sp³-hybridized carbons (Fsp3) is 0.290. The predicted molar refractivity (Wildman–Crippen MR) is 149 cm³/mol. The number of anilines is 1. The molecular weight excluding hydrogens is 498 g/mol. The molecule has 0 aliphatic carbocycles. The van der Waals surface area contributed by atoms with Crippen molar-refractivity contribution in [3.05, 3.63) is 82.9 Å². The van der Waals surface area contributed by atoms with Crippen LogP contribution in [0.5, 0.6) is 23.0 Å². The summed E-state index contributed by atoms with van der Waals surface area (Å²) in [6, 6.07) is 16.4. The fourth-order valence-corrected chi connectivity index (χ4v) is 4.82. The lowest BCUT2D eigenvalue weighted by molar-refractivity contribution is -0.132. The number of nitrogens with zero attached hydrogens (tertiary/aromatic N) is 1. The molecule has 1 atom stereocenters. The maximum absolute atomic E-state index is 13.6. The predicted octanol–water partition coefficient (Wildman–Crippen LogP) is 5.86. The Morgan fingerprint density at radius 2 is 1.59 bits per heavy atom. The molecule has 0 radical (unpaired) electrons. The second-order valence-corrected chi connectivity index (χ2v) is 9.33. The highest BCUT2D eigenvalue weighted by atomic mass is 16.5. The molecule has 3 aromatic carbocycles. The summed E-state index contributed by atoms with van der Waals surface area (Å²) >= 11 is 0. The molecule has 1 unspecified atom stereocenters. The average molecular weight is 532 g/mol. The Labute approximate surface area is 228 Å². The summed E-state index contributed by atoms with van der Waals surface area (Å²) < 4.78 is 22.0. The molecule has 8 nitrogen and oxygen atoms in total. The van der Waals surface area contributed by atoms with Gasteiger partial charge in [-0.05, 0) is 66.4 Å². The number of aliphatic hydroxyl groups excluding tert-OH is 1. The van der Waals surface area contributed by atoms with Gasteiger partial charge in [0.05, 0.1) is 39.6 Å². The zero-order valence-corrected chi connectivity index (χ0v) is 23.0. The molecule has 1 fully saturated rings. The molecule has 0 bridgehead atoms. The maximum atomic E-state index is 13.6. The van der Waals surface area contributed by atoms with Crippen LogP contribution in [0.1, 0.15) is 49.4 Å². The number of carbonyl (C=O) groups is 2. The normalized spacial score (nSPS) is 16.5. The summed E-state index contributed by atoms with van der Waals surface area (Å²) in [7, 11) is 4.62. The number of ketones is 1. The van der Waals surface area contributed by atoms with Gasteiger partial charge in [-0.15, -0.1) is 0 Å². The maximum Gasteiger partial charge on any atom is 0.300 e. The number of benzene rings is 3. The first kappa shape index (κ1) is 27.6. The lowest BCUT2D eigenvalue weighted by atomic mass is 9.93. The van der Waals surface area contributed by atoms with E-state index in [0.717, 1.165) is 5.56 Å². The van der Waals surface area contributed by atoms with E-state index in [1.807, 2.05) is 20.8 Å². The van der Waals surface area contributed by atoms with Gasteiger partial charge in [0.25, 0.3) is 11.7 Å². The third-order valence-corrected chi connectivity index (χ3v) is 6.70. The van der Waals surface area contributed by atoms with Crippen LogP contribution in [0.4, 0.5) is 5.69 Å². The van der Waals surface area contributed by atoms with Crippen molar-refractivity contribution in [1.82, 2.24) is 0 Å². The Hall–Kier alpha value is -4.46. The molecule has 0 saturated carbocycles. The third kappa shape index (κ3) is 5.14. The van der Waals surface area contributed by atoms with Crippen LogP contribution in [0, 0.1) is 0 Å². The van der Waals surface area contributed by atoms with Crippen LogP contribution in [0.25, 0.3) is 5.76 Å². The SMILES string of the molecule is CCOc1cccc(N2C(=O)C(=O)/C(=C(/O)c3ccc(OC)c(C(C)C)c3)C2c2ccc(OC)c(OC)c2)c1. The van der Waals surface area contributed by atoms with Gasteiger partial charge in [-0.25, -0.2) is 0 Å². The van der Waals surface area contributed by atoms with E-state index in [1.165, 1.54) is 19.1 Å². The lowest BCUT2D eigenvalue weighted by Crippen LogP contribution is -2.29. The Balaban J connectivity index is 1.97. The number of rotatable bonds is 9. The van der Waals surface area contributed by atoms with E-state index in [-0.39, 0.29) is 17.3 Å². The molecule has 4 rings (SSSR count). The van der Waals surface area contributed by atoms with Crippen LogP contribution in [0.3, 0.4) is 0 Å². The summed E-state index contributed by atoms with van der Waals surface area (Å²) in [5.74, 6) is 0.409. The van der Waals surface area contributed by atoms with Gasteiger partial charge in [0.15, 0.2) is 11.5 Å². The first-order valence-corrected chi connectivity index (χ1v) is 12.7. The van der Waals surface area contributed by atoms with E-state index in [4.69, 9.17) is 18.9 Å². The molecule has 1 N–H and O–H groups in total. The first-order chi connectivity index (χ1) is 18.7. The monoisotopic (exact) mass is 531 g/mol. The average Bonchev–Trinajstić information content (AvgIpc) is 3.22. The quantitative estimate of drug-likeness (QED) is 0.210. The molecule has 0 spiro atoms. The molecule has 3 aromatic rings. The number of carbonyl (C=O) groups excluding carboxylic acids is 2. The number of hydrogen-bond donors (Lipinski definition) is 1. The Morgan fingerprint density at radius 1 is 0.897 bits per heavy atom. The lowest BCUT2D eigenvalue weighted by Gasteiger charge is -2.26. The van der Waals surface area contributed by atoms with Crippen molar-refractivity contribution >= 4 is 23.1 Å². The molecule has 1 aliphatic rings. The minimum atomic E-state index is -0.939. The molecule has 0 aromatic heterocycles. The molecule has 1 aliphatic heterocycles. The van der Waals surface area contributed by atoms with E-state index in [0.29, 0.717) is 46.4 Å². The van der Waals surface area contributed by atoms with Crippen molar-refractivity contribution in [2.75, 3.05) is 32.8 Å². The molecule has 8 heteroatoms.